The Kier molecular flexibility index (Phi) is 17.2. The third-order valence-corrected chi connectivity index (χ3v) is 19.4. The van der Waals surface area contributed by atoms with Crippen LogP contribution in [-0.2, 0) is 80.9 Å². The summed E-state index contributed by atoms with van der Waals surface area (Å²) in [6, 6.07) is 9.08. The average molecular weight is 1410 g/mol. The monoisotopic (exact) mass is 1410 g/mol. The van der Waals surface area contributed by atoms with Crippen molar-refractivity contribution in [1.82, 2.24) is 0 Å². The molecule has 0 aliphatic heterocycles. The number of rotatable bonds is 18. The lowest BCUT2D eigenvalue weighted by molar-refractivity contribution is 0.412. The summed E-state index contributed by atoms with van der Waals surface area (Å²) in [7, 11) is -42.7. The number of fused-ring (bicyclic) bond motifs is 3. The van der Waals surface area contributed by atoms with E-state index in [2.05, 4.69) is 40.9 Å². The van der Waals surface area contributed by atoms with Crippen molar-refractivity contribution in [2.75, 3.05) is 20.0 Å². The summed E-state index contributed by atoms with van der Waals surface area (Å²) in [4.78, 5) is -11.1. The number of phenolic OH excluding ortho intramolecular Hbond substituents is 3. The maximum absolute atomic E-state index is 13.1. The molecule has 0 heterocycles. The van der Waals surface area contributed by atoms with E-state index in [0.717, 1.165) is 56.7 Å². The number of nitrogens with zero attached hydrogens (tertiary/aromatic N) is 8. The summed E-state index contributed by atoms with van der Waals surface area (Å²) in [6.07, 6.45) is 0. The number of nitrogen functional groups attached to an aromatic ring is 1. The molecule has 0 bridgehead atoms. The van der Waals surface area contributed by atoms with E-state index >= 15 is 0 Å². The molecule has 0 amide bonds. The summed E-state index contributed by atoms with van der Waals surface area (Å²) >= 11 is 0. The standard InChI is InChI=1S/C44H33N9O29S8/c1-81-17-3-7-24(30(11-17)84(60,61)62)46-51-37-32(86(66,67)68)13-21-19(40(37)54)5-9-26(43(21)89(75,76)77)48-50-28-16-29(83(57,58)59)23-15-34(88(72,73)74)39(42(56)35(23)36(28)45)53-49-27-10-6-20-22(44(27)90(78,79)80)14-33(87(69,70)71)38(41(20)55)52-47-25-8-4-18(82-2)12-31(25)85(63,64)65/h3-16,54-56H,45H2,1-2H3,(H,57,58,59)(H,60,61,62)(H,63,64,65)(H,66,67,68)(H,69,70,71)(H,72,73,74)(H,75,76,77)(H,78,79,80)/b50-48?,51-46-,52-47-,53-49-. The highest BCUT2D eigenvalue weighted by Crippen LogP contribution is 2.51. The van der Waals surface area contributed by atoms with Crippen LogP contribution in [0, 0.1) is 0 Å². The van der Waals surface area contributed by atoms with Crippen molar-refractivity contribution in [3.05, 3.63) is 84.9 Å². The molecule has 0 aromatic heterocycles. The first-order valence-electron chi connectivity index (χ1n) is 22.9. The van der Waals surface area contributed by atoms with Crippen molar-refractivity contribution in [3.8, 4) is 28.7 Å². The van der Waals surface area contributed by atoms with Gasteiger partial charge in [-0.3, -0.25) is 36.4 Å². The van der Waals surface area contributed by atoms with Crippen LogP contribution in [0.5, 0.6) is 28.7 Å². The minimum Gasteiger partial charge on any atom is -0.505 e. The number of aromatic hydroxyl groups is 3. The van der Waals surface area contributed by atoms with E-state index in [9.17, 15) is 119 Å². The van der Waals surface area contributed by atoms with Crippen LogP contribution >= 0.6 is 0 Å². The van der Waals surface area contributed by atoms with E-state index in [1.54, 1.807) is 0 Å². The Morgan fingerprint density at radius 3 is 0.944 bits per heavy atom. The van der Waals surface area contributed by atoms with Crippen LogP contribution in [0.15, 0.2) is 165 Å². The number of hydrogen-bond acceptors (Lipinski definition) is 30. The van der Waals surface area contributed by atoms with Gasteiger partial charge < -0.3 is 30.5 Å². The Morgan fingerprint density at radius 2 is 0.611 bits per heavy atom. The second-order valence-corrected chi connectivity index (χ2v) is 28.8. The number of hydrogen-bond donors (Lipinski definition) is 12. The fourth-order valence-electron chi connectivity index (χ4n) is 8.39. The van der Waals surface area contributed by atoms with Gasteiger partial charge in [-0.15, -0.1) is 40.9 Å². The first-order valence-corrected chi connectivity index (χ1v) is 34.4. The number of methoxy groups -OCH3 is 2. The largest absolute Gasteiger partial charge is 0.505 e. The Bertz CT molecular complexity index is 5610. The number of benzene rings is 8. The fraction of sp³-hybridized carbons (Fsp3) is 0.0455. The average Bonchev–Trinajstić information content (AvgIpc) is 0.751. The van der Waals surface area contributed by atoms with Crippen molar-refractivity contribution < 1.29 is 129 Å². The van der Waals surface area contributed by atoms with Crippen molar-refractivity contribution in [2.24, 2.45) is 40.9 Å². The third kappa shape index (κ3) is 13.2. The van der Waals surface area contributed by atoms with E-state index in [-0.39, 0.29) is 29.7 Å². The van der Waals surface area contributed by atoms with Gasteiger partial charge in [0.2, 0.25) is 0 Å². The van der Waals surface area contributed by atoms with Gasteiger partial charge in [-0.05, 0) is 72.8 Å². The first-order chi connectivity index (χ1) is 41.3. The van der Waals surface area contributed by atoms with Crippen LogP contribution in [0.25, 0.3) is 32.3 Å². The maximum Gasteiger partial charge on any atom is 0.297 e. The summed E-state index contributed by atoms with van der Waals surface area (Å²) < 4.78 is 295. The molecule has 0 unspecified atom stereocenters. The number of azo groups is 4. The molecule has 0 saturated heterocycles. The van der Waals surface area contributed by atoms with Gasteiger partial charge in [0.15, 0.2) is 17.2 Å². The van der Waals surface area contributed by atoms with Crippen LogP contribution in [0.2, 0.25) is 0 Å². The van der Waals surface area contributed by atoms with Gasteiger partial charge in [0.1, 0.15) is 96.2 Å². The predicted molar refractivity (Wildman–Crippen MR) is 302 cm³/mol. The van der Waals surface area contributed by atoms with E-state index < -0.39 is 221 Å². The zero-order valence-corrected chi connectivity index (χ0v) is 50.3. The number of nitrogens with two attached hydrogens (primary N) is 1. The number of ether oxygens (including phenoxy) is 2. The van der Waals surface area contributed by atoms with Crippen molar-refractivity contribution in [1.29, 1.82) is 0 Å². The smallest absolute Gasteiger partial charge is 0.297 e. The van der Waals surface area contributed by atoms with E-state index in [0.29, 0.717) is 24.3 Å². The highest BCUT2D eigenvalue weighted by atomic mass is 32.2. The number of anilines is 1. The highest BCUT2D eigenvalue weighted by Gasteiger charge is 2.33. The summed E-state index contributed by atoms with van der Waals surface area (Å²) in [5.41, 5.74) is -3.60. The summed E-state index contributed by atoms with van der Waals surface area (Å²) in [5.74, 6) is -4.72. The lowest BCUT2D eigenvalue weighted by Gasteiger charge is -2.15. The van der Waals surface area contributed by atoms with E-state index in [1.807, 2.05) is 0 Å². The first kappa shape index (κ1) is 67.0. The van der Waals surface area contributed by atoms with Gasteiger partial charge in [0.25, 0.3) is 80.9 Å². The van der Waals surface area contributed by atoms with Crippen molar-refractivity contribution in [2.45, 2.75) is 39.2 Å². The molecule has 0 fully saturated rings. The molecule has 13 N–H and O–H groups in total. The molecule has 476 valence electrons. The van der Waals surface area contributed by atoms with Crippen LogP contribution in [0.3, 0.4) is 0 Å². The molecule has 90 heavy (non-hydrogen) atoms. The maximum atomic E-state index is 13.1. The molecule has 38 nitrogen and oxygen atoms in total. The molecule has 8 aromatic carbocycles. The summed E-state index contributed by atoms with van der Waals surface area (Å²) in [6.45, 7) is 0. The molecule has 46 heteroatoms. The predicted octanol–water partition coefficient (Wildman–Crippen LogP) is 7.50. The molecular formula is C44H33N9O29S8. The molecule has 8 aromatic rings. The second-order valence-electron chi connectivity index (χ2n) is 17.7. The Hall–Kier alpha value is -8.98. The lowest BCUT2D eigenvalue weighted by atomic mass is 10.0. The van der Waals surface area contributed by atoms with Gasteiger partial charge in [-0.25, -0.2) is 0 Å². The van der Waals surface area contributed by atoms with Gasteiger partial charge in [0, 0.05) is 39.1 Å². The Labute approximate surface area is 503 Å². The van der Waals surface area contributed by atoms with E-state index in [1.165, 1.54) is 0 Å². The Balaban J connectivity index is 1.32. The molecular weight excluding hydrogens is 1380 g/mol. The molecule has 0 saturated carbocycles. The van der Waals surface area contributed by atoms with Gasteiger partial charge in [-0.2, -0.15) is 67.3 Å². The van der Waals surface area contributed by atoms with Crippen LogP contribution in [0.1, 0.15) is 0 Å². The lowest BCUT2D eigenvalue weighted by Crippen LogP contribution is -2.05. The quantitative estimate of drug-likeness (QED) is 0.0225. The fourth-order valence-corrected chi connectivity index (χ4v) is 14.0. The minimum atomic E-state index is -5.85. The molecule has 0 aliphatic rings. The minimum absolute atomic E-state index is 0.143. The third-order valence-electron chi connectivity index (χ3n) is 12.2. The Morgan fingerprint density at radius 1 is 0.311 bits per heavy atom. The molecule has 0 aliphatic carbocycles. The topological polar surface area (TPSA) is 639 Å². The van der Waals surface area contributed by atoms with Crippen molar-refractivity contribution >= 4 is 164 Å². The number of phenols is 3. The zero-order chi connectivity index (χ0) is 67.1. The highest BCUT2D eigenvalue weighted by molar-refractivity contribution is 7.88. The van der Waals surface area contributed by atoms with Gasteiger partial charge in [0.05, 0.1) is 25.3 Å². The molecule has 0 spiro atoms. The zero-order valence-electron chi connectivity index (χ0n) is 43.8. The van der Waals surface area contributed by atoms with E-state index in [4.69, 9.17) is 15.2 Å². The normalized spacial score (nSPS) is 13.5. The molecule has 0 atom stereocenters. The van der Waals surface area contributed by atoms with Crippen LogP contribution in [0.4, 0.5) is 51.2 Å². The van der Waals surface area contributed by atoms with Crippen LogP contribution in [-0.4, -0.2) is 133 Å². The SMILES string of the molecule is COc1ccc(/N=N\c2c(S(=O)(=O)O)cc3c(S(=O)(=O)O)c(N=Nc4cc(S(=O)(=O)O)c5cc(S(=O)(=O)O)c(/N=N\c6ccc7c(O)c(/N=N\c8ccc(OC)cc8S(=O)(=O)O)c(S(=O)(=O)O)cc7c6S(=O)(=O)O)c(O)c5c4N)ccc3c2O)c(S(=O)(=O)O)c1. The van der Waals surface area contributed by atoms with Gasteiger partial charge >= 0.3 is 0 Å². The molecule has 0 radical (unpaired) electrons. The molecule has 8 rings (SSSR count). The van der Waals surface area contributed by atoms with Crippen molar-refractivity contribution in [3.63, 3.8) is 0 Å². The van der Waals surface area contributed by atoms with Crippen LogP contribution < -0.4 is 15.2 Å². The summed E-state index contributed by atoms with van der Waals surface area (Å²) in [5, 5.41) is 56.7. The van der Waals surface area contributed by atoms with Gasteiger partial charge in [-0.1, -0.05) is 0 Å². The second kappa shape index (κ2) is 23.1.